The van der Waals surface area contributed by atoms with Crippen molar-refractivity contribution in [3.63, 3.8) is 0 Å². The Morgan fingerprint density at radius 3 is 2.92 bits per heavy atom. The fourth-order valence-corrected chi connectivity index (χ4v) is 0.956. The average molecular weight is 183 g/mol. The lowest BCUT2D eigenvalue weighted by Crippen LogP contribution is -1.93. The van der Waals surface area contributed by atoms with Crippen LogP contribution in [0.3, 0.4) is 0 Å². The van der Waals surface area contributed by atoms with E-state index in [9.17, 15) is 0 Å². The summed E-state index contributed by atoms with van der Waals surface area (Å²) in [6, 6.07) is 4.44. The highest BCUT2D eigenvalue weighted by atomic mass is 35.5. The van der Waals surface area contributed by atoms with Crippen LogP contribution in [-0.4, -0.2) is 11.7 Å². The number of rotatable bonds is 2. The maximum atomic E-state index is 8.98. The molecule has 0 saturated carbocycles. The van der Waals surface area contributed by atoms with Crippen LogP contribution in [0.25, 0.3) is 0 Å². The topological polar surface area (TPSA) is 29.5 Å². The quantitative estimate of drug-likeness (QED) is 0.710. The Morgan fingerprint density at radius 2 is 2.33 bits per heavy atom. The number of halogens is 1. The van der Waals surface area contributed by atoms with Crippen molar-refractivity contribution >= 4 is 11.6 Å². The molecule has 62 valence electrons. The molecule has 1 aromatic rings. The normalized spacial score (nSPS) is 9.00. The summed E-state index contributed by atoms with van der Waals surface area (Å²) in [6.07, 6.45) is 4.99. The van der Waals surface area contributed by atoms with Gasteiger partial charge >= 0.3 is 0 Å². The maximum Gasteiger partial charge on any atom is 0.148 e. The van der Waals surface area contributed by atoms with Crippen LogP contribution in [0, 0.1) is 12.3 Å². The Morgan fingerprint density at radius 1 is 1.58 bits per heavy atom. The van der Waals surface area contributed by atoms with E-state index in [4.69, 9.17) is 27.9 Å². The van der Waals surface area contributed by atoms with Crippen LogP contribution in [0.4, 0.5) is 0 Å². The molecule has 0 aliphatic rings. The number of phenolic OH excluding ortho intramolecular Hbond substituents is 1. The summed E-state index contributed by atoms with van der Waals surface area (Å²) < 4.78 is 5.06. The number of terminal acetylenes is 1. The van der Waals surface area contributed by atoms with Gasteiger partial charge in [-0.1, -0.05) is 17.5 Å². The van der Waals surface area contributed by atoms with Crippen molar-refractivity contribution in [1.82, 2.24) is 0 Å². The van der Waals surface area contributed by atoms with E-state index in [0.717, 1.165) is 0 Å². The number of ether oxygens (including phenoxy) is 1. The van der Waals surface area contributed by atoms with Gasteiger partial charge in [0.25, 0.3) is 0 Å². The van der Waals surface area contributed by atoms with Gasteiger partial charge in [-0.25, -0.2) is 0 Å². The Kier molecular flexibility index (Phi) is 2.84. The largest absolute Gasteiger partial charge is 0.508 e. The van der Waals surface area contributed by atoms with Gasteiger partial charge in [-0.3, -0.25) is 0 Å². The van der Waals surface area contributed by atoms with Crippen LogP contribution in [0.1, 0.15) is 0 Å². The second-order valence-corrected chi connectivity index (χ2v) is 2.51. The molecule has 0 aliphatic heterocycles. The molecule has 0 amide bonds. The zero-order valence-corrected chi connectivity index (χ0v) is 7.01. The lowest BCUT2D eigenvalue weighted by atomic mass is 10.3. The highest BCUT2D eigenvalue weighted by Crippen LogP contribution is 2.27. The van der Waals surface area contributed by atoms with Crippen LogP contribution in [-0.2, 0) is 0 Å². The maximum absolute atomic E-state index is 8.98. The van der Waals surface area contributed by atoms with Gasteiger partial charge in [0, 0.05) is 6.07 Å². The average Bonchev–Trinajstić information content (AvgIpc) is 2.03. The van der Waals surface area contributed by atoms with Gasteiger partial charge in [-0.2, -0.15) is 0 Å². The van der Waals surface area contributed by atoms with Crippen molar-refractivity contribution in [2.75, 3.05) is 6.61 Å². The Hall–Kier alpha value is -1.33. The molecule has 2 nitrogen and oxygen atoms in total. The van der Waals surface area contributed by atoms with E-state index < -0.39 is 0 Å². The zero-order chi connectivity index (χ0) is 8.97. The Bertz CT molecular complexity index is 315. The summed E-state index contributed by atoms with van der Waals surface area (Å²) in [5, 5.41) is 9.33. The first kappa shape index (κ1) is 8.76. The highest BCUT2D eigenvalue weighted by Gasteiger charge is 2.00. The highest BCUT2D eigenvalue weighted by molar-refractivity contribution is 6.32. The van der Waals surface area contributed by atoms with Crippen LogP contribution in [0.2, 0.25) is 5.02 Å². The number of hydrogen-bond acceptors (Lipinski definition) is 2. The molecule has 0 saturated heterocycles. The number of phenols is 1. The minimum Gasteiger partial charge on any atom is -0.508 e. The fourth-order valence-electron chi connectivity index (χ4n) is 0.726. The van der Waals surface area contributed by atoms with Crippen molar-refractivity contribution in [3.05, 3.63) is 23.2 Å². The second kappa shape index (κ2) is 3.89. The fraction of sp³-hybridized carbons (Fsp3) is 0.111. The number of hydrogen-bond donors (Lipinski definition) is 1. The smallest absolute Gasteiger partial charge is 0.148 e. The summed E-state index contributed by atoms with van der Waals surface area (Å²) in [4.78, 5) is 0. The first-order valence-electron chi connectivity index (χ1n) is 3.29. The summed E-state index contributed by atoms with van der Waals surface area (Å²) >= 11 is 5.71. The van der Waals surface area contributed by atoms with E-state index in [0.29, 0.717) is 10.8 Å². The molecular formula is C9H7ClO2. The standard InChI is InChI=1S/C9H7ClO2/c1-2-5-12-9-4-3-7(11)6-8(9)10/h1,3-4,6,11H,5H2. The molecule has 0 bridgehead atoms. The molecule has 1 N–H and O–H groups in total. The molecular weight excluding hydrogens is 176 g/mol. The van der Waals surface area contributed by atoms with E-state index in [1.807, 2.05) is 0 Å². The van der Waals surface area contributed by atoms with Gasteiger partial charge in [0.15, 0.2) is 0 Å². The third-order valence-corrected chi connectivity index (χ3v) is 1.52. The van der Waals surface area contributed by atoms with Gasteiger partial charge in [0.05, 0.1) is 5.02 Å². The summed E-state index contributed by atoms with van der Waals surface area (Å²) in [5.41, 5.74) is 0. The molecule has 1 rings (SSSR count). The molecule has 0 heterocycles. The first-order chi connectivity index (χ1) is 5.74. The predicted molar refractivity (Wildman–Crippen MR) is 47.4 cm³/mol. The molecule has 0 aliphatic carbocycles. The minimum atomic E-state index is 0.105. The molecule has 0 fully saturated rings. The molecule has 0 unspecified atom stereocenters. The summed E-state index contributed by atoms with van der Waals surface area (Å²) in [7, 11) is 0. The van der Waals surface area contributed by atoms with Crippen LogP contribution in [0.5, 0.6) is 11.5 Å². The van der Waals surface area contributed by atoms with E-state index in [1.165, 1.54) is 12.1 Å². The lowest BCUT2D eigenvalue weighted by molar-refractivity contribution is 0.369. The Labute approximate surface area is 75.7 Å². The number of aromatic hydroxyl groups is 1. The van der Waals surface area contributed by atoms with E-state index in [2.05, 4.69) is 5.92 Å². The first-order valence-corrected chi connectivity index (χ1v) is 3.66. The lowest BCUT2D eigenvalue weighted by Gasteiger charge is -2.03. The van der Waals surface area contributed by atoms with Crippen LogP contribution in [0.15, 0.2) is 18.2 Å². The third kappa shape index (κ3) is 2.08. The van der Waals surface area contributed by atoms with E-state index >= 15 is 0 Å². The summed E-state index contributed by atoms with van der Waals surface area (Å²) in [5.74, 6) is 2.90. The molecule has 0 spiro atoms. The molecule has 0 radical (unpaired) electrons. The van der Waals surface area contributed by atoms with Crippen LogP contribution < -0.4 is 4.74 Å². The van der Waals surface area contributed by atoms with E-state index in [1.54, 1.807) is 6.07 Å². The minimum absolute atomic E-state index is 0.105. The number of benzene rings is 1. The Balaban J connectivity index is 2.81. The molecule has 0 atom stereocenters. The molecule has 12 heavy (non-hydrogen) atoms. The predicted octanol–water partition coefficient (Wildman–Crippen LogP) is 2.06. The molecule has 0 aromatic heterocycles. The molecule has 3 heteroatoms. The van der Waals surface area contributed by atoms with Gasteiger partial charge in [0.1, 0.15) is 18.1 Å². The van der Waals surface area contributed by atoms with Crippen LogP contribution >= 0.6 is 11.6 Å². The SMILES string of the molecule is C#CCOc1ccc(O)cc1Cl. The van der Waals surface area contributed by atoms with Crippen molar-refractivity contribution in [1.29, 1.82) is 0 Å². The van der Waals surface area contributed by atoms with Gasteiger partial charge in [-0.05, 0) is 12.1 Å². The molecule has 1 aromatic carbocycles. The van der Waals surface area contributed by atoms with Crippen molar-refractivity contribution in [2.24, 2.45) is 0 Å². The zero-order valence-electron chi connectivity index (χ0n) is 6.25. The monoisotopic (exact) mass is 182 g/mol. The van der Waals surface area contributed by atoms with Crippen molar-refractivity contribution in [3.8, 4) is 23.8 Å². The summed E-state index contributed by atoms with van der Waals surface area (Å²) in [6.45, 7) is 0.171. The van der Waals surface area contributed by atoms with E-state index in [-0.39, 0.29) is 12.4 Å². The van der Waals surface area contributed by atoms with Crippen molar-refractivity contribution in [2.45, 2.75) is 0 Å². The second-order valence-electron chi connectivity index (χ2n) is 2.11. The van der Waals surface area contributed by atoms with Gasteiger partial charge in [-0.15, -0.1) is 6.42 Å². The van der Waals surface area contributed by atoms with Gasteiger partial charge in [0.2, 0.25) is 0 Å². The van der Waals surface area contributed by atoms with Crippen molar-refractivity contribution < 1.29 is 9.84 Å². The third-order valence-electron chi connectivity index (χ3n) is 1.23. The van der Waals surface area contributed by atoms with Gasteiger partial charge < -0.3 is 9.84 Å².